The summed E-state index contributed by atoms with van der Waals surface area (Å²) < 4.78 is 0. The molecule has 3 heterocycles. The van der Waals surface area contributed by atoms with Crippen molar-refractivity contribution in [3.05, 3.63) is 16.0 Å². The first kappa shape index (κ1) is 12.8. The number of thiophene rings is 1. The van der Waals surface area contributed by atoms with Crippen molar-refractivity contribution >= 4 is 28.2 Å². The number of anilines is 1. The van der Waals surface area contributed by atoms with Crippen LogP contribution in [0.4, 0.5) is 5.00 Å². The van der Waals surface area contributed by atoms with Crippen molar-refractivity contribution in [1.82, 2.24) is 4.90 Å². The highest BCUT2D eigenvalue weighted by atomic mass is 32.1. The Kier molecular flexibility index (Phi) is 3.19. The number of likely N-dealkylation sites (N-methyl/N-ethyl adjacent to an activating group) is 1. The number of carbonyl (C=O) groups excluding carboxylic acids is 2. The van der Waals surface area contributed by atoms with Crippen LogP contribution < -0.4 is 4.90 Å². The molecule has 0 radical (unpaired) electrons. The molecule has 0 aliphatic carbocycles. The third-order valence-corrected chi connectivity index (χ3v) is 5.38. The Morgan fingerprint density at radius 2 is 1.84 bits per heavy atom. The van der Waals surface area contributed by atoms with Crippen LogP contribution in [0, 0.1) is 6.92 Å². The van der Waals surface area contributed by atoms with E-state index >= 15 is 0 Å². The highest BCUT2D eigenvalue weighted by Gasteiger charge is 2.34. The molecule has 2 aliphatic heterocycles. The van der Waals surface area contributed by atoms with Gasteiger partial charge in [0.1, 0.15) is 5.00 Å². The van der Waals surface area contributed by atoms with Gasteiger partial charge in [-0.15, -0.1) is 11.3 Å². The number of amides is 2. The second-order valence-electron chi connectivity index (χ2n) is 5.18. The fourth-order valence-corrected chi connectivity index (χ4v) is 4.32. The van der Waals surface area contributed by atoms with E-state index in [1.165, 1.54) is 15.3 Å². The minimum absolute atomic E-state index is 0.0426. The van der Waals surface area contributed by atoms with Crippen molar-refractivity contribution in [3.8, 4) is 0 Å². The van der Waals surface area contributed by atoms with Crippen LogP contribution in [0.25, 0.3) is 0 Å². The molecule has 4 nitrogen and oxygen atoms in total. The Balaban J connectivity index is 1.98. The molecule has 1 aromatic rings. The minimum atomic E-state index is -0.0426. The van der Waals surface area contributed by atoms with Gasteiger partial charge in [0.25, 0.3) is 0 Å². The molecule has 0 N–H and O–H groups in total. The Bertz CT molecular complexity index is 534. The number of nitrogens with zero attached hydrogens (tertiary/aromatic N) is 2. The second-order valence-corrected chi connectivity index (χ2v) is 6.26. The summed E-state index contributed by atoms with van der Waals surface area (Å²) >= 11 is 1.63. The molecule has 0 bridgehead atoms. The summed E-state index contributed by atoms with van der Waals surface area (Å²) in [5.41, 5.74) is 2.50. The van der Waals surface area contributed by atoms with Gasteiger partial charge >= 0.3 is 0 Å². The highest BCUT2D eigenvalue weighted by molar-refractivity contribution is 7.17. The predicted molar refractivity (Wildman–Crippen MR) is 75.4 cm³/mol. The van der Waals surface area contributed by atoms with Gasteiger partial charge in [-0.05, 0) is 31.0 Å². The lowest BCUT2D eigenvalue weighted by atomic mass is 10.0. The van der Waals surface area contributed by atoms with E-state index in [-0.39, 0.29) is 11.8 Å². The van der Waals surface area contributed by atoms with Crippen molar-refractivity contribution < 1.29 is 9.59 Å². The molecule has 0 aromatic carbocycles. The Morgan fingerprint density at radius 3 is 2.47 bits per heavy atom. The molecular weight excluding hydrogens is 260 g/mol. The minimum Gasteiger partial charge on any atom is -0.298 e. The lowest BCUT2D eigenvalue weighted by Gasteiger charge is -2.25. The van der Waals surface area contributed by atoms with Crippen LogP contribution in [0.15, 0.2) is 0 Å². The van der Waals surface area contributed by atoms with E-state index < -0.39 is 0 Å². The van der Waals surface area contributed by atoms with Gasteiger partial charge in [-0.3, -0.25) is 14.5 Å². The number of hydrogen-bond donors (Lipinski definition) is 0. The molecule has 1 fully saturated rings. The fraction of sp³-hybridized carbons (Fsp3) is 0.571. The van der Waals surface area contributed by atoms with E-state index in [1.54, 1.807) is 11.3 Å². The van der Waals surface area contributed by atoms with Crippen molar-refractivity contribution in [2.45, 2.75) is 39.7 Å². The van der Waals surface area contributed by atoms with Crippen molar-refractivity contribution in [2.24, 2.45) is 0 Å². The number of carbonyl (C=O) groups is 2. The zero-order valence-electron chi connectivity index (χ0n) is 11.4. The molecule has 3 rings (SSSR count). The van der Waals surface area contributed by atoms with Gasteiger partial charge < -0.3 is 0 Å². The second kappa shape index (κ2) is 4.72. The maximum absolute atomic E-state index is 11.9. The first-order valence-electron chi connectivity index (χ1n) is 6.81. The summed E-state index contributed by atoms with van der Waals surface area (Å²) in [5, 5.41) is 0.871. The van der Waals surface area contributed by atoms with Crippen LogP contribution in [0.5, 0.6) is 0 Å². The molecule has 0 saturated carbocycles. The van der Waals surface area contributed by atoms with E-state index in [0.717, 1.165) is 36.6 Å². The number of fused-ring (bicyclic) bond motifs is 1. The third-order valence-electron chi connectivity index (χ3n) is 4.08. The van der Waals surface area contributed by atoms with E-state index in [2.05, 4.69) is 11.8 Å². The molecule has 102 valence electrons. The Labute approximate surface area is 117 Å². The summed E-state index contributed by atoms with van der Waals surface area (Å²) in [6.45, 7) is 7.29. The zero-order chi connectivity index (χ0) is 13.6. The largest absolute Gasteiger partial charge is 0.298 e. The van der Waals surface area contributed by atoms with Gasteiger partial charge in [-0.1, -0.05) is 6.92 Å². The summed E-state index contributed by atoms with van der Waals surface area (Å²) in [6.07, 6.45) is 1.76. The molecule has 1 saturated heterocycles. The van der Waals surface area contributed by atoms with Crippen LogP contribution in [0.2, 0.25) is 0 Å². The quantitative estimate of drug-likeness (QED) is 0.778. The predicted octanol–water partition coefficient (Wildman–Crippen LogP) is 2.09. The molecule has 2 amide bonds. The lowest BCUT2D eigenvalue weighted by Crippen LogP contribution is -2.29. The van der Waals surface area contributed by atoms with E-state index in [0.29, 0.717) is 12.8 Å². The van der Waals surface area contributed by atoms with E-state index in [1.807, 2.05) is 6.92 Å². The molecule has 19 heavy (non-hydrogen) atoms. The molecule has 5 heteroatoms. The normalized spacial score (nSPS) is 20.2. The molecule has 0 unspecified atom stereocenters. The van der Waals surface area contributed by atoms with Gasteiger partial charge in [-0.2, -0.15) is 0 Å². The van der Waals surface area contributed by atoms with E-state index in [9.17, 15) is 9.59 Å². The van der Waals surface area contributed by atoms with Crippen LogP contribution in [-0.4, -0.2) is 29.8 Å². The van der Waals surface area contributed by atoms with Crippen LogP contribution in [0.3, 0.4) is 0 Å². The maximum atomic E-state index is 11.9. The SMILES string of the molecule is CCN1CCc2c(sc(N3C(=O)CCC3=O)c2C)C1. The van der Waals surface area contributed by atoms with Crippen molar-refractivity contribution in [1.29, 1.82) is 0 Å². The summed E-state index contributed by atoms with van der Waals surface area (Å²) in [7, 11) is 0. The monoisotopic (exact) mass is 278 g/mol. The average molecular weight is 278 g/mol. The van der Waals surface area contributed by atoms with Crippen LogP contribution in [0.1, 0.15) is 35.8 Å². The Hall–Kier alpha value is -1.20. The molecule has 2 aliphatic rings. The van der Waals surface area contributed by atoms with Gasteiger partial charge in [0, 0.05) is 30.8 Å². The highest BCUT2D eigenvalue weighted by Crippen LogP contribution is 2.40. The van der Waals surface area contributed by atoms with Gasteiger partial charge in [0.2, 0.25) is 11.8 Å². The summed E-state index contributed by atoms with van der Waals surface area (Å²) in [4.78, 5) is 28.9. The van der Waals surface area contributed by atoms with Crippen molar-refractivity contribution in [2.75, 3.05) is 18.0 Å². The molecular formula is C14H18N2O2S. The van der Waals surface area contributed by atoms with Crippen LogP contribution >= 0.6 is 11.3 Å². The van der Waals surface area contributed by atoms with Crippen molar-refractivity contribution in [3.63, 3.8) is 0 Å². The Morgan fingerprint density at radius 1 is 1.16 bits per heavy atom. The first-order chi connectivity index (χ1) is 9.11. The van der Waals surface area contributed by atoms with Gasteiger partial charge in [0.15, 0.2) is 0 Å². The van der Waals surface area contributed by atoms with Gasteiger partial charge in [0.05, 0.1) is 0 Å². The maximum Gasteiger partial charge on any atom is 0.234 e. The average Bonchev–Trinajstić information content (AvgIpc) is 2.90. The van der Waals surface area contributed by atoms with E-state index in [4.69, 9.17) is 0 Å². The third kappa shape index (κ3) is 2.01. The number of hydrogen-bond acceptors (Lipinski definition) is 4. The topological polar surface area (TPSA) is 40.6 Å². The zero-order valence-corrected chi connectivity index (χ0v) is 12.2. The lowest BCUT2D eigenvalue weighted by molar-refractivity contribution is -0.121. The number of imide groups is 1. The molecule has 0 spiro atoms. The smallest absolute Gasteiger partial charge is 0.234 e. The summed E-state index contributed by atoms with van der Waals surface area (Å²) in [6, 6.07) is 0. The molecule has 1 aromatic heterocycles. The fourth-order valence-electron chi connectivity index (χ4n) is 2.89. The first-order valence-corrected chi connectivity index (χ1v) is 7.62. The van der Waals surface area contributed by atoms with Crippen LogP contribution in [-0.2, 0) is 22.6 Å². The number of rotatable bonds is 2. The summed E-state index contributed by atoms with van der Waals surface area (Å²) in [5.74, 6) is -0.0851. The van der Waals surface area contributed by atoms with Gasteiger partial charge in [-0.25, -0.2) is 4.90 Å². The molecule has 0 atom stereocenters. The standard InChI is InChI=1S/C14H18N2O2S/c1-3-15-7-6-10-9(2)14(19-11(10)8-15)16-12(17)4-5-13(16)18/h3-8H2,1-2H3.